The molecule has 2 rings (SSSR count). The Hall–Kier alpha value is -2.90. The van der Waals surface area contributed by atoms with Crippen molar-refractivity contribution >= 4 is 17.6 Å². The van der Waals surface area contributed by atoms with Gasteiger partial charge >= 0.3 is 5.97 Å². The second kappa shape index (κ2) is 7.39. The number of carbonyl (C=O) groups excluding carboxylic acids is 2. The predicted octanol–water partition coefficient (Wildman–Crippen LogP) is 1.99. The maximum absolute atomic E-state index is 13.3. The first-order chi connectivity index (χ1) is 10.9. The van der Waals surface area contributed by atoms with Crippen LogP contribution >= 0.6 is 0 Å². The van der Waals surface area contributed by atoms with Crippen molar-refractivity contribution in [1.82, 2.24) is 5.16 Å². The molecule has 1 N–H and O–H groups in total. The van der Waals surface area contributed by atoms with Gasteiger partial charge < -0.3 is 19.3 Å². The Morgan fingerprint density at radius 2 is 2.04 bits per heavy atom. The summed E-state index contributed by atoms with van der Waals surface area (Å²) in [6, 6.07) is 5.77. The first-order valence-electron chi connectivity index (χ1n) is 6.72. The molecule has 8 heteroatoms. The average Bonchev–Trinajstić information content (AvgIpc) is 2.92. The third kappa shape index (κ3) is 5.10. The van der Waals surface area contributed by atoms with Crippen LogP contribution in [0.1, 0.15) is 11.3 Å². The number of ether oxygens (including phenoxy) is 2. The van der Waals surface area contributed by atoms with Crippen molar-refractivity contribution in [2.75, 3.05) is 18.5 Å². The van der Waals surface area contributed by atoms with Gasteiger partial charge in [-0.1, -0.05) is 6.07 Å². The van der Waals surface area contributed by atoms with E-state index in [1.165, 1.54) is 18.2 Å². The van der Waals surface area contributed by atoms with Gasteiger partial charge in [0, 0.05) is 11.8 Å². The van der Waals surface area contributed by atoms with Gasteiger partial charge in [0.2, 0.25) is 0 Å². The Morgan fingerprint density at radius 3 is 2.70 bits per heavy atom. The van der Waals surface area contributed by atoms with Crippen LogP contribution in [0.3, 0.4) is 0 Å². The molecule has 0 aliphatic heterocycles. The van der Waals surface area contributed by atoms with Crippen LogP contribution in [0.15, 0.2) is 28.8 Å². The number of aromatic nitrogens is 1. The van der Waals surface area contributed by atoms with Gasteiger partial charge in [-0.3, -0.25) is 4.79 Å². The first kappa shape index (κ1) is 16.5. The summed E-state index contributed by atoms with van der Waals surface area (Å²) in [5.74, 6) is -1.07. The van der Waals surface area contributed by atoms with Crippen molar-refractivity contribution in [3.8, 4) is 5.88 Å². The lowest BCUT2D eigenvalue weighted by Crippen LogP contribution is -2.23. The van der Waals surface area contributed by atoms with E-state index in [1.807, 2.05) is 0 Å². The Bertz CT molecular complexity index is 714. The van der Waals surface area contributed by atoms with Crippen molar-refractivity contribution in [3.63, 3.8) is 0 Å². The molecule has 0 radical (unpaired) electrons. The van der Waals surface area contributed by atoms with Crippen LogP contribution in [0, 0.1) is 19.7 Å². The van der Waals surface area contributed by atoms with Crippen LogP contribution < -0.4 is 10.1 Å². The molecular weight excluding hydrogens is 307 g/mol. The molecule has 0 atom stereocenters. The van der Waals surface area contributed by atoms with Crippen molar-refractivity contribution in [1.29, 1.82) is 0 Å². The number of hydrogen-bond acceptors (Lipinski definition) is 6. The molecule has 1 amide bonds. The van der Waals surface area contributed by atoms with Gasteiger partial charge in [0.25, 0.3) is 11.8 Å². The van der Waals surface area contributed by atoms with Gasteiger partial charge in [-0.15, -0.1) is 0 Å². The van der Waals surface area contributed by atoms with Gasteiger partial charge in [0.05, 0.1) is 0 Å². The van der Waals surface area contributed by atoms with E-state index in [4.69, 9.17) is 14.0 Å². The fraction of sp³-hybridized carbons (Fsp3) is 0.267. The van der Waals surface area contributed by atoms with E-state index in [0.717, 1.165) is 0 Å². The molecule has 0 aliphatic rings. The van der Waals surface area contributed by atoms with Crippen molar-refractivity contribution in [3.05, 3.63) is 41.4 Å². The molecule has 2 aromatic rings. The molecular formula is C15H15FN2O5. The number of amides is 1. The zero-order valence-electron chi connectivity index (χ0n) is 12.6. The Kier molecular flexibility index (Phi) is 5.29. The second-order valence-corrected chi connectivity index (χ2v) is 4.74. The third-order valence-corrected chi connectivity index (χ3v) is 2.76. The topological polar surface area (TPSA) is 90.7 Å². The quantitative estimate of drug-likeness (QED) is 0.818. The standard InChI is InChI=1S/C15H15FN2O5/c1-9-3-4-11(6-12(9)16)17-13(19)7-22-15(20)8-21-14-5-10(2)23-18-14/h3-6H,7-8H2,1-2H3,(H,17,19). The summed E-state index contributed by atoms with van der Waals surface area (Å²) < 4.78 is 27.8. The predicted molar refractivity (Wildman–Crippen MR) is 77.5 cm³/mol. The van der Waals surface area contributed by atoms with E-state index < -0.39 is 30.9 Å². The molecule has 1 heterocycles. The number of rotatable bonds is 6. The summed E-state index contributed by atoms with van der Waals surface area (Å²) in [6.07, 6.45) is 0. The van der Waals surface area contributed by atoms with Crippen LogP contribution in [0.5, 0.6) is 5.88 Å². The maximum atomic E-state index is 13.3. The fourth-order valence-corrected chi connectivity index (χ4v) is 1.60. The Morgan fingerprint density at radius 1 is 1.26 bits per heavy atom. The SMILES string of the molecule is Cc1cc(OCC(=O)OCC(=O)Nc2ccc(C)c(F)c2)no1. The second-order valence-electron chi connectivity index (χ2n) is 4.74. The number of hydrogen-bond donors (Lipinski definition) is 1. The number of carbonyl (C=O) groups is 2. The average molecular weight is 322 g/mol. The number of anilines is 1. The molecule has 0 saturated heterocycles. The van der Waals surface area contributed by atoms with E-state index in [2.05, 4.69) is 10.5 Å². The summed E-state index contributed by atoms with van der Waals surface area (Å²) in [5, 5.41) is 5.95. The number of nitrogens with zero attached hydrogens (tertiary/aromatic N) is 1. The zero-order valence-corrected chi connectivity index (χ0v) is 12.6. The summed E-state index contributed by atoms with van der Waals surface area (Å²) in [7, 11) is 0. The number of benzene rings is 1. The van der Waals surface area contributed by atoms with E-state index >= 15 is 0 Å². The van der Waals surface area contributed by atoms with Gasteiger partial charge in [-0.25, -0.2) is 9.18 Å². The highest BCUT2D eigenvalue weighted by Crippen LogP contribution is 2.13. The zero-order chi connectivity index (χ0) is 16.8. The molecule has 0 saturated carbocycles. The molecule has 23 heavy (non-hydrogen) atoms. The monoisotopic (exact) mass is 322 g/mol. The summed E-state index contributed by atoms with van der Waals surface area (Å²) in [4.78, 5) is 23.0. The molecule has 0 fully saturated rings. The van der Waals surface area contributed by atoms with Gasteiger partial charge in [0.1, 0.15) is 11.6 Å². The van der Waals surface area contributed by atoms with Crippen LogP contribution in [0.2, 0.25) is 0 Å². The van der Waals surface area contributed by atoms with Crippen molar-refractivity contribution in [2.45, 2.75) is 13.8 Å². The van der Waals surface area contributed by atoms with E-state index in [0.29, 0.717) is 11.3 Å². The molecule has 0 aliphatic carbocycles. The summed E-state index contributed by atoms with van der Waals surface area (Å²) in [6.45, 7) is 2.38. The normalized spacial score (nSPS) is 10.2. The number of aryl methyl sites for hydroxylation is 2. The number of esters is 1. The van der Waals surface area contributed by atoms with E-state index in [9.17, 15) is 14.0 Å². The maximum Gasteiger partial charge on any atom is 0.344 e. The van der Waals surface area contributed by atoms with Crippen LogP contribution in [-0.4, -0.2) is 30.2 Å². The lowest BCUT2D eigenvalue weighted by atomic mass is 10.2. The van der Waals surface area contributed by atoms with Gasteiger partial charge in [-0.2, -0.15) is 0 Å². The van der Waals surface area contributed by atoms with E-state index in [1.54, 1.807) is 19.9 Å². The highest BCUT2D eigenvalue weighted by molar-refractivity contribution is 5.92. The number of halogens is 1. The minimum Gasteiger partial charge on any atom is -0.463 e. The highest BCUT2D eigenvalue weighted by Gasteiger charge is 2.11. The van der Waals surface area contributed by atoms with Crippen molar-refractivity contribution in [2.24, 2.45) is 0 Å². The Balaban J connectivity index is 1.73. The summed E-state index contributed by atoms with van der Waals surface area (Å²) >= 11 is 0. The molecule has 0 bridgehead atoms. The van der Waals surface area contributed by atoms with Crippen molar-refractivity contribution < 1.29 is 28.0 Å². The minimum absolute atomic E-state index is 0.152. The highest BCUT2D eigenvalue weighted by atomic mass is 19.1. The summed E-state index contributed by atoms with van der Waals surface area (Å²) in [5.41, 5.74) is 0.748. The molecule has 1 aromatic carbocycles. The molecule has 122 valence electrons. The lowest BCUT2D eigenvalue weighted by Gasteiger charge is -2.07. The first-order valence-corrected chi connectivity index (χ1v) is 6.72. The largest absolute Gasteiger partial charge is 0.463 e. The van der Waals surface area contributed by atoms with Gasteiger partial charge in [-0.05, 0) is 36.7 Å². The lowest BCUT2D eigenvalue weighted by molar-refractivity contribution is -0.149. The fourth-order valence-electron chi connectivity index (χ4n) is 1.60. The third-order valence-electron chi connectivity index (χ3n) is 2.76. The minimum atomic E-state index is -0.740. The van der Waals surface area contributed by atoms with E-state index in [-0.39, 0.29) is 11.6 Å². The molecule has 7 nitrogen and oxygen atoms in total. The van der Waals surface area contributed by atoms with Gasteiger partial charge in [0.15, 0.2) is 13.2 Å². The molecule has 1 aromatic heterocycles. The smallest absolute Gasteiger partial charge is 0.344 e. The van der Waals surface area contributed by atoms with Crippen LogP contribution in [-0.2, 0) is 14.3 Å². The number of nitrogens with one attached hydrogen (secondary N) is 1. The Labute approximate surface area is 131 Å². The van der Waals surface area contributed by atoms with Crippen LogP contribution in [0.4, 0.5) is 10.1 Å². The van der Waals surface area contributed by atoms with Crippen LogP contribution in [0.25, 0.3) is 0 Å². The molecule has 0 unspecified atom stereocenters. The molecule has 0 spiro atoms.